The van der Waals surface area contributed by atoms with Crippen LogP contribution in [0.2, 0.25) is 0 Å². The number of carbonyl (C=O) groups excluding carboxylic acids is 4. The maximum atomic E-state index is 13.2. The standard InChI is InChI=1S/C23H35N3O7/c1-8-15(3)26(18(28)12-25-22(31)33-23(4,5)6)20(21(30)24-13-19(29)32-7)16-9-10-17(27)14(2)11-16/h9-11,15,20,27H,8,12-13H2,1-7H3,(H,24,30)(H,25,31). The van der Waals surface area contributed by atoms with Crippen molar-refractivity contribution in [1.82, 2.24) is 15.5 Å². The van der Waals surface area contributed by atoms with Gasteiger partial charge in [0.25, 0.3) is 0 Å². The summed E-state index contributed by atoms with van der Waals surface area (Å²) in [5, 5.41) is 14.8. The fourth-order valence-electron chi connectivity index (χ4n) is 3.01. The van der Waals surface area contributed by atoms with E-state index in [0.717, 1.165) is 0 Å². The third-order valence-electron chi connectivity index (χ3n) is 4.83. The van der Waals surface area contributed by atoms with Gasteiger partial charge in [-0.2, -0.15) is 0 Å². The maximum Gasteiger partial charge on any atom is 0.408 e. The van der Waals surface area contributed by atoms with Crippen LogP contribution in [-0.4, -0.2) is 65.7 Å². The number of aryl methyl sites for hydroxylation is 1. The normalized spacial score (nSPS) is 12.8. The highest BCUT2D eigenvalue weighted by Crippen LogP contribution is 2.28. The molecule has 3 amide bonds. The lowest BCUT2D eigenvalue weighted by Gasteiger charge is -2.36. The van der Waals surface area contributed by atoms with E-state index in [4.69, 9.17) is 4.74 Å². The molecule has 10 nitrogen and oxygen atoms in total. The Bertz CT molecular complexity index is 864. The number of nitrogens with zero attached hydrogens (tertiary/aromatic N) is 1. The second-order valence-corrected chi connectivity index (χ2v) is 8.66. The van der Waals surface area contributed by atoms with Gasteiger partial charge in [-0.1, -0.05) is 13.0 Å². The summed E-state index contributed by atoms with van der Waals surface area (Å²) in [6, 6.07) is 3.07. The quantitative estimate of drug-likeness (QED) is 0.476. The van der Waals surface area contributed by atoms with Crippen LogP contribution in [0.4, 0.5) is 4.79 Å². The van der Waals surface area contributed by atoms with Gasteiger partial charge >= 0.3 is 12.1 Å². The number of hydrogen-bond donors (Lipinski definition) is 3. The summed E-state index contributed by atoms with van der Waals surface area (Å²) in [4.78, 5) is 51.3. The number of carbonyl (C=O) groups is 4. The van der Waals surface area contributed by atoms with Gasteiger partial charge in [-0.15, -0.1) is 0 Å². The molecule has 0 aliphatic rings. The van der Waals surface area contributed by atoms with Crippen molar-refractivity contribution in [3.8, 4) is 5.75 Å². The van der Waals surface area contributed by atoms with Gasteiger partial charge in [0.05, 0.1) is 7.11 Å². The second kappa shape index (κ2) is 12.1. The Kier molecular flexibility index (Phi) is 10.2. The van der Waals surface area contributed by atoms with Crippen molar-refractivity contribution in [2.75, 3.05) is 20.2 Å². The van der Waals surface area contributed by atoms with Gasteiger partial charge in [0.1, 0.15) is 30.5 Å². The molecule has 1 rings (SSSR count). The highest BCUT2D eigenvalue weighted by atomic mass is 16.6. The molecular formula is C23H35N3O7. The molecule has 0 fully saturated rings. The van der Waals surface area contributed by atoms with Crippen molar-refractivity contribution in [3.63, 3.8) is 0 Å². The lowest BCUT2D eigenvalue weighted by atomic mass is 9.99. The second-order valence-electron chi connectivity index (χ2n) is 8.66. The number of phenols is 1. The van der Waals surface area contributed by atoms with E-state index in [1.807, 2.05) is 6.92 Å². The van der Waals surface area contributed by atoms with Crippen molar-refractivity contribution in [2.45, 2.75) is 65.6 Å². The Morgan fingerprint density at radius 1 is 1.12 bits per heavy atom. The molecule has 0 aliphatic carbocycles. The molecule has 0 saturated heterocycles. The van der Waals surface area contributed by atoms with Crippen LogP contribution in [0.3, 0.4) is 0 Å². The predicted octanol–water partition coefficient (Wildman–Crippen LogP) is 2.18. The lowest BCUT2D eigenvalue weighted by Crippen LogP contribution is -2.51. The van der Waals surface area contributed by atoms with E-state index in [1.54, 1.807) is 40.7 Å². The minimum atomic E-state index is -1.11. The number of phenolic OH excluding ortho intramolecular Hbond substituents is 1. The van der Waals surface area contributed by atoms with E-state index in [2.05, 4.69) is 15.4 Å². The molecule has 0 heterocycles. The van der Waals surface area contributed by atoms with Gasteiger partial charge in [0, 0.05) is 6.04 Å². The van der Waals surface area contributed by atoms with Crippen LogP contribution >= 0.6 is 0 Å². The number of esters is 1. The molecule has 1 aromatic rings. The highest BCUT2D eigenvalue weighted by Gasteiger charge is 2.35. The van der Waals surface area contributed by atoms with Gasteiger partial charge in [0.15, 0.2) is 0 Å². The van der Waals surface area contributed by atoms with Crippen molar-refractivity contribution in [3.05, 3.63) is 29.3 Å². The zero-order valence-corrected chi connectivity index (χ0v) is 20.4. The number of rotatable bonds is 9. The number of ether oxygens (including phenoxy) is 2. The summed E-state index contributed by atoms with van der Waals surface area (Å²) < 4.78 is 9.75. The van der Waals surface area contributed by atoms with E-state index in [-0.39, 0.29) is 18.3 Å². The zero-order chi connectivity index (χ0) is 25.3. The number of alkyl carbamates (subject to hydrolysis) is 1. The van der Waals surface area contributed by atoms with Crippen LogP contribution in [0, 0.1) is 6.92 Å². The highest BCUT2D eigenvalue weighted by molar-refractivity contribution is 5.92. The van der Waals surface area contributed by atoms with Crippen molar-refractivity contribution < 1.29 is 33.8 Å². The summed E-state index contributed by atoms with van der Waals surface area (Å²) in [6.45, 7) is 9.65. The summed E-state index contributed by atoms with van der Waals surface area (Å²) in [6.07, 6.45) is -0.233. The Morgan fingerprint density at radius 2 is 1.76 bits per heavy atom. The Hall–Kier alpha value is -3.30. The molecule has 0 aromatic heterocycles. The first-order valence-electron chi connectivity index (χ1n) is 10.7. The smallest absolute Gasteiger partial charge is 0.408 e. The third kappa shape index (κ3) is 8.63. The monoisotopic (exact) mass is 465 g/mol. The predicted molar refractivity (Wildman–Crippen MR) is 121 cm³/mol. The largest absolute Gasteiger partial charge is 0.508 e. The molecule has 0 radical (unpaired) electrons. The number of benzene rings is 1. The van der Waals surface area contributed by atoms with Gasteiger partial charge in [-0.3, -0.25) is 14.4 Å². The van der Waals surface area contributed by atoms with E-state index in [9.17, 15) is 24.3 Å². The van der Waals surface area contributed by atoms with Gasteiger partial charge in [0.2, 0.25) is 11.8 Å². The molecule has 0 saturated carbocycles. The van der Waals surface area contributed by atoms with Crippen LogP contribution in [-0.2, 0) is 23.9 Å². The summed E-state index contributed by atoms with van der Waals surface area (Å²) in [7, 11) is 1.20. The first-order valence-corrected chi connectivity index (χ1v) is 10.7. The average Bonchev–Trinajstić information content (AvgIpc) is 2.74. The molecule has 10 heteroatoms. The molecular weight excluding hydrogens is 430 g/mol. The lowest BCUT2D eigenvalue weighted by molar-refractivity contribution is -0.145. The molecule has 33 heavy (non-hydrogen) atoms. The van der Waals surface area contributed by atoms with E-state index >= 15 is 0 Å². The maximum absolute atomic E-state index is 13.2. The van der Waals surface area contributed by atoms with E-state index < -0.39 is 42.1 Å². The van der Waals surface area contributed by atoms with Gasteiger partial charge in [-0.05, 0) is 64.3 Å². The van der Waals surface area contributed by atoms with E-state index in [0.29, 0.717) is 17.5 Å². The molecule has 0 spiro atoms. The van der Waals surface area contributed by atoms with Crippen LogP contribution < -0.4 is 10.6 Å². The molecule has 1 aromatic carbocycles. The SMILES string of the molecule is CCC(C)N(C(=O)CNC(=O)OC(C)(C)C)C(C(=O)NCC(=O)OC)c1ccc(O)c(C)c1. The summed E-state index contributed by atoms with van der Waals surface area (Å²) in [5.41, 5.74) is 0.226. The fraction of sp³-hybridized carbons (Fsp3) is 0.565. The number of nitrogens with one attached hydrogen (secondary N) is 2. The van der Waals surface area contributed by atoms with Crippen LogP contribution in [0.5, 0.6) is 5.75 Å². The van der Waals surface area contributed by atoms with Crippen LogP contribution in [0.1, 0.15) is 58.2 Å². The number of methoxy groups -OCH3 is 1. The van der Waals surface area contributed by atoms with E-state index in [1.165, 1.54) is 24.1 Å². The summed E-state index contributed by atoms with van der Waals surface area (Å²) in [5.74, 6) is -1.71. The first-order chi connectivity index (χ1) is 15.3. The Balaban J connectivity index is 3.28. The Labute approximate surface area is 194 Å². The topological polar surface area (TPSA) is 134 Å². The Morgan fingerprint density at radius 3 is 2.27 bits per heavy atom. The van der Waals surface area contributed by atoms with Crippen molar-refractivity contribution in [1.29, 1.82) is 0 Å². The fourth-order valence-corrected chi connectivity index (χ4v) is 3.01. The zero-order valence-electron chi connectivity index (χ0n) is 20.4. The molecule has 0 bridgehead atoms. The molecule has 184 valence electrons. The van der Waals surface area contributed by atoms with Gasteiger partial charge in [-0.25, -0.2) is 4.79 Å². The molecule has 2 atom stereocenters. The van der Waals surface area contributed by atoms with Crippen LogP contribution in [0.25, 0.3) is 0 Å². The molecule has 0 aliphatic heterocycles. The van der Waals surface area contributed by atoms with Gasteiger partial charge < -0.3 is 30.1 Å². The first kappa shape index (κ1) is 27.7. The molecule has 2 unspecified atom stereocenters. The van der Waals surface area contributed by atoms with Crippen molar-refractivity contribution >= 4 is 23.9 Å². The molecule has 3 N–H and O–H groups in total. The number of hydrogen-bond acceptors (Lipinski definition) is 7. The third-order valence-corrected chi connectivity index (χ3v) is 4.83. The van der Waals surface area contributed by atoms with Crippen LogP contribution in [0.15, 0.2) is 18.2 Å². The summed E-state index contributed by atoms with van der Waals surface area (Å²) >= 11 is 0. The number of amides is 3. The van der Waals surface area contributed by atoms with Crippen molar-refractivity contribution in [2.24, 2.45) is 0 Å². The number of aromatic hydroxyl groups is 1. The minimum Gasteiger partial charge on any atom is -0.508 e. The minimum absolute atomic E-state index is 0.0421. The average molecular weight is 466 g/mol.